The van der Waals surface area contributed by atoms with Crippen molar-refractivity contribution in [2.75, 3.05) is 58.4 Å². The van der Waals surface area contributed by atoms with Gasteiger partial charge in [0.1, 0.15) is 23.4 Å². The number of hydrogen-bond acceptors (Lipinski definition) is 9. The minimum atomic E-state index is -4.46. The summed E-state index contributed by atoms with van der Waals surface area (Å²) in [6, 6.07) is 8.65. The highest BCUT2D eigenvalue weighted by atomic mass is 19.4. The number of nitrogens with zero attached hydrogens (tertiary/aromatic N) is 4. The van der Waals surface area contributed by atoms with Gasteiger partial charge in [-0.3, -0.25) is 4.68 Å². The van der Waals surface area contributed by atoms with Crippen LogP contribution >= 0.6 is 0 Å². The number of aromatic nitrogens is 3. The van der Waals surface area contributed by atoms with E-state index in [2.05, 4.69) is 39.5 Å². The summed E-state index contributed by atoms with van der Waals surface area (Å²) in [5.41, 5.74) is 0.428. The van der Waals surface area contributed by atoms with E-state index in [1.807, 2.05) is 26.8 Å². The second-order valence-corrected chi connectivity index (χ2v) is 15.1. The summed E-state index contributed by atoms with van der Waals surface area (Å²) < 4.78 is 66.2. The van der Waals surface area contributed by atoms with Crippen molar-refractivity contribution in [2.24, 2.45) is 5.92 Å². The summed E-state index contributed by atoms with van der Waals surface area (Å²) in [6.07, 6.45) is -1.93. The summed E-state index contributed by atoms with van der Waals surface area (Å²) >= 11 is 0. The molecule has 53 heavy (non-hydrogen) atoms. The van der Waals surface area contributed by atoms with Crippen LogP contribution in [0.1, 0.15) is 70.6 Å². The molecule has 0 aliphatic carbocycles. The van der Waals surface area contributed by atoms with Gasteiger partial charge in [0, 0.05) is 36.5 Å². The van der Waals surface area contributed by atoms with Crippen molar-refractivity contribution < 1.29 is 41.7 Å². The van der Waals surface area contributed by atoms with Crippen molar-refractivity contribution in [2.45, 2.75) is 90.9 Å². The lowest BCUT2D eigenvalue weighted by Crippen LogP contribution is -2.45. The van der Waals surface area contributed by atoms with Crippen molar-refractivity contribution in [1.82, 2.24) is 24.6 Å². The zero-order chi connectivity index (χ0) is 38.8. The Hall–Kier alpha value is -4.26. The molecule has 1 aliphatic heterocycles. The Labute approximate surface area is 309 Å². The zero-order valence-electron chi connectivity index (χ0n) is 31.8. The van der Waals surface area contributed by atoms with Crippen LogP contribution in [-0.4, -0.2) is 108 Å². The molecule has 0 radical (unpaired) electrons. The average molecular weight is 747 g/mol. The maximum Gasteiger partial charge on any atom is 0.408 e. The third-order valence-corrected chi connectivity index (χ3v) is 8.27. The number of ether oxygens (including phenoxy) is 4. The molecule has 1 aliphatic rings. The number of nitrogens with one attached hydrogen (secondary N) is 2. The smallest absolute Gasteiger partial charge is 0.408 e. The van der Waals surface area contributed by atoms with E-state index in [9.17, 15) is 22.8 Å². The standard InChI is InChI=1S/C38H53F3N6O6/c1-36(2,3)52-34(48)33-13-17-43-47(33)19-21-51-23-22-50-20-15-27-25-45(7)18-14-30(27)44-31-11-8-12-32-29(31)24-28(46(32)26-38(39,40)41)10-9-16-42-35(49)53-37(4,5)6/h8,11-13,17,24,27,30,44H,14-16,18-23,25-26H2,1-7H3,(H,42,49). The molecule has 12 nitrogen and oxygen atoms in total. The van der Waals surface area contributed by atoms with Gasteiger partial charge in [-0.1, -0.05) is 12.0 Å². The van der Waals surface area contributed by atoms with Crippen molar-refractivity contribution in [1.29, 1.82) is 0 Å². The normalized spacial score (nSPS) is 16.9. The molecule has 1 aromatic carbocycles. The third-order valence-electron chi connectivity index (χ3n) is 8.27. The molecule has 1 fully saturated rings. The number of alkyl carbamates (subject to hydrolysis) is 1. The Bertz CT molecular complexity index is 1730. The summed E-state index contributed by atoms with van der Waals surface area (Å²) in [6.45, 7) is 13.1. The van der Waals surface area contributed by atoms with Crippen molar-refractivity contribution >= 4 is 28.7 Å². The van der Waals surface area contributed by atoms with Crippen LogP contribution in [0.3, 0.4) is 0 Å². The Balaban J connectivity index is 1.32. The van der Waals surface area contributed by atoms with Gasteiger partial charge in [-0.15, -0.1) is 0 Å². The van der Waals surface area contributed by atoms with E-state index in [0.717, 1.165) is 36.2 Å². The number of likely N-dealkylation sites (tertiary alicyclic amines) is 1. The molecule has 3 aromatic rings. The monoisotopic (exact) mass is 746 g/mol. The molecule has 1 amide bonds. The first-order valence-corrected chi connectivity index (χ1v) is 17.9. The number of amides is 1. The van der Waals surface area contributed by atoms with Gasteiger partial charge in [0.2, 0.25) is 0 Å². The van der Waals surface area contributed by atoms with Crippen molar-refractivity contribution in [3.63, 3.8) is 0 Å². The lowest BCUT2D eigenvalue weighted by atomic mass is 9.89. The van der Waals surface area contributed by atoms with E-state index >= 15 is 0 Å². The predicted octanol–water partition coefficient (Wildman–Crippen LogP) is 6.09. The molecule has 3 heterocycles. The minimum absolute atomic E-state index is 0.0726. The molecule has 15 heteroatoms. The van der Waals surface area contributed by atoms with E-state index < -0.39 is 36.0 Å². The Morgan fingerprint density at radius 1 is 0.981 bits per heavy atom. The van der Waals surface area contributed by atoms with Crippen LogP contribution in [0.25, 0.3) is 10.9 Å². The number of alkyl halides is 3. The van der Waals surface area contributed by atoms with Gasteiger partial charge in [-0.25, -0.2) is 9.59 Å². The third kappa shape index (κ3) is 13.6. The van der Waals surface area contributed by atoms with E-state index in [4.69, 9.17) is 18.9 Å². The highest BCUT2D eigenvalue weighted by Gasteiger charge is 2.31. The molecule has 2 atom stereocenters. The highest BCUT2D eigenvalue weighted by molar-refractivity contribution is 5.94. The first kappa shape index (κ1) is 41.5. The Morgan fingerprint density at radius 3 is 2.40 bits per heavy atom. The number of benzene rings is 1. The Kier molecular flexibility index (Phi) is 14.2. The lowest BCUT2D eigenvalue weighted by Gasteiger charge is -2.38. The van der Waals surface area contributed by atoms with Crippen LogP contribution in [-0.2, 0) is 32.0 Å². The SMILES string of the molecule is CN1CCC(Nc2cccc3c2cc(C#CCNC(=O)OC(C)(C)C)n3CC(F)(F)F)C(CCOCCOCCn2nccc2C(=O)OC(C)(C)C)C1. The highest BCUT2D eigenvalue weighted by Crippen LogP contribution is 2.32. The predicted molar refractivity (Wildman–Crippen MR) is 196 cm³/mol. The van der Waals surface area contributed by atoms with E-state index in [1.54, 1.807) is 55.9 Å². The van der Waals surface area contributed by atoms with Crippen LogP contribution in [0.2, 0.25) is 0 Å². The molecule has 1 saturated heterocycles. The van der Waals surface area contributed by atoms with E-state index in [-0.39, 0.29) is 24.2 Å². The quantitative estimate of drug-likeness (QED) is 0.115. The number of fused-ring (bicyclic) bond motifs is 1. The molecule has 4 rings (SSSR count). The fraction of sp³-hybridized carbons (Fsp3) is 0.605. The molecular weight excluding hydrogens is 693 g/mol. The van der Waals surface area contributed by atoms with Crippen LogP contribution in [0.5, 0.6) is 0 Å². The fourth-order valence-electron chi connectivity index (χ4n) is 6.05. The molecule has 2 unspecified atom stereocenters. The molecular formula is C38H53F3N6O6. The molecule has 0 saturated carbocycles. The molecule has 0 spiro atoms. The molecule has 2 aromatic heterocycles. The number of esters is 1. The van der Waals surface area contributed by atoms with Crippen LogP contribution in [0.4, 0.5) is 23.7 Å². The molecule has 0 bridgehead atoms. The number of hydrogen-bond donors (Lipinski definition) is 2. The summed E-state index contributed by atoms with van der Waals surface area (Å²) in [5.74, 6) is 5.38. The van der Waals surface area contributed by atoms with Gasteiger partial charge in [0.15, 0.2) is 0 Å². The van der Waals surface area contributed by atoms with Crippen LogP contribution in [0, 0.1) is 17.8 Å². The van der Waals surface area contributed by atoms with E-state index in [1.165, 1.54) is 0 Å². The van der Waals surface area contributed by atoms with Crippen LogP contribution < -0.4 is 10.6 Å². The summed E-state index contributed by atoms with van der Waals surface area (Å²) in [5, 5.41) is 11.0. The first-order valence-electron chi connectivity index (χ1n) is 17.9. The van der Waals surface area contributed by atoms with Crippen molar-refractivity contribution in [3.05, 3.63) is 47.9 Å². The van der Waals surface area contributed by atoms with Gasteiger partial charge in [0.25, 0.3) is 0 Å². The van der Waals surface area contributed by atoms with Crippen LogP contribution in [0.15, 0.2) is 36.5 Å². The van der Waals surface area contributed by atoms with Gasteiger partial charge >= 0.3 is 18.2 Å². The first-order chi connectivity index (χ1) is 24.9. The number of carbonyl (C=O) groups excluding carboxylic acids is 2. The molecule has 2 N–H and O–H groups in total. The number of halogens is 3. The number of piperidine rings is 1. The number of carbonyl (C=O) groups is 2. The second-order valence-electron chi connectivity index (χ2n) is 15.1. The van der Waals surface area contributed by atoms with Gasteiger partial charge in [-0.2, -0.15) is 18.3 Å². The Morgan fingerprint density at radius 2 is 1.70 bits per heavy atom. The number of anilines is 1. The average Bonchev–Trinajstić information content (AvgIpc) is 3.64. The van der Waals surface area contributed by atoms with E-state index in [0.29, 0.717) is 49.6 Å². The lowest BCUT2D eigenvalue weighted by molar-refractivity contribution is -0.140. The maximum atomic E-state index is 13.7. The van der Waals surface area contributed by atoms with Gasteiger partial charge in [-0.05, 0) is 104 Å². The topological polar surface area (TPSA) is 121 Å². The minimum Gasteiger partial charge on any atom is -0.455 e. The molecule has 292 valence electrons. The van der Waals surface area contributed by atoms with Gasteiger partial charge < -0.3 is 39.0 Å². The summed E-state index contributed by atoms with van der Waals surface area (Å²) in [7, 11) is 2.08. The second kappa shape index (κ2) is 18.2. The fourth-order valence-corrected chi connectivity index (χ4v) is 6.05. The largest absolute Gasteiger partial charge is 0.455 e. The maximum absolute atomic E-state index is 13.7. The van der Waals surface area contributed by atoms with Crippen molar-refractivity contribution in [3.8, 4) is 11.8 Å². The zero-order valence-corrected chi connectivity index (χ0v) is 31.8. The number of rotatable bonds is 14. The van der Waals surface area contributed by atoms with Gasteiger partial charge in [0.05, 0.1) is 44.1 Å². The summed E-state index contributed by atoms with van der Waals surface area (Å²) in [4.78, 5) is 26.7.